The monoisotopic (exact) mass is 209 g/mol. The topological polar surface area (TPSA) is 12.0 Å². The van der Waals surface area contributed by atoms with E-state index < -0.39 is 0 Å². The highest BCUT2D eigenvalue weighted by Crippen LogP contribution is 2.17. The number of hydrogen-bond acceptors (Lipinski definition) is 1. The van der Waals surface area contributed by atoms with Gasteiger partial charge in [-0.05, 0) is 37.5 Å². The first kappa shape index (κ1) is 12.2. The van der Waals surface area contributed by atoms with Gasteiger partial charge >= 0.3 is 0 Å². The lowest BCUT2D eigenvalue weighted by atomic mass is 10.0. The van der Waals surface area contributed by atoms with Crippen LogP contribution in [0.2, 0.25) is 0 Å². The molecule has 0 spiro atoms. The molecule has 0 saturated carbocycles. The van der Waals surface area contributed by atoms with Gasteiger partial charge in [-0.15, -0.1) is 0 Å². The second-order valence-electron chi connectivity index (χ2n) is 3.99. The van der Waals surface area contributed by atoms with E-state index in [0.717, 1.165) is 12.8 Å². The summed E-state index contributed by atoms with van der Waals surface area (Å²) >= 11 is 0. The molecule has 0 aromatic heterocycles. The van der Waals surface area contributed by atoms with Gasteiger partial charge in [0, 0.05) is 12.1 Å². The average Bonchev–Trinajstić information content (AvgIpc) is 2.27. The van der Waals surface area contributed by atoms with Crippen LogP contribution in [0.1, 0.15) is 45.2 Å². The van der Waals surface area contributed by atoms with E-state index in [0.29, 0.717) is 12.1 Å². The zero-order valence-electron chi connectivity index (χ0n) is 9.76. The highest BCUT2D eigenvalue weighted by molar-refractivity contribution is 5.19. The Morgan fingerprint density at radius 2 is 1.73 bits per heavy atom. The highest BCUT2D eigenvalue weighted by Gasteiger charge is 2.10. The van der Waals surface area contributed by atoms with Gasteiger partial charge < -0.3 is 5.32 Å². The van der Waals surface area contributed by atoms with E-state index in [9.17, 15) is 4.39 Å². The molecular weight excluding hydrogens is 189 g/mol. The Balaban J connectivity index is 2.69. The fraction of sp³-hybridized carbons (Fsp3) is 0.538. The van der Waals surface area contributed by atoms with Crippen molar-refractivity contribution in [2.24, 2.45) is 0 Å². The van der Waals surface area contributed by atoms with Crippen molar-refractivity contribution >= 4 is 0 Å². The predicted molar refractivity (Wildman–Crippen MR) is 62.3 cm³/mol. The summed E-state index contributed by atoms with van der Waals surface area (Å²) in [5, 5.41) is 3.53. The van der Waals surface area contributed by atoms with Crippen LogP contribution in [0.15, 0.2) is 24.3 Å². The number of benzene rings is 1. The van der Waals surface area contributed by atoms with Gasteiger partial charge in [0.2, 0.25) is 0 Å². The van der Waals surface area contributed by atoms with Crippen molar-refractivity contribution in [1.82, 2.24) is 5.32 Å². The van der Waals surface area contributed by atoms with Gasteiger partial charge in [0.1, 0.15) is 5.82 Å². The van der Waals surface area contributed by atoms with Crippen molar-refractivity contribution in [3.8, 4) is 0 Å². The first-order valence-corrected chi connectivity index (χ1v) is 5.68. The maximum Gasteiger partial charge on any atom is 0.123 e. The van der Waals surface area contributed by atoms with Gasteiger partial charge in [-0.3, -0.25) is 0 Å². The van der Waals surface area contributed by atoms with Crippen LogP contribution in [0.25, 0.3) is 0 Å². The average molecular weight is 209 g/mol. The Bertz CT molecular complexity index is 281. The molecule has 1 aromatic carbocycles. The maximum atomic E-state index is 12.8. The first-order valence-electron chi connectivity index (χ1n) is 5.68. The molecule has 84 valence electrons. The Labute approximate surface area is 91.7 Å². The smallest absolute Gasteiger partial charge is 0.123 e. The van der Waals surface area contributed by atoms with Crippen molar-refractivity contribution in [3.05, 3.63) is 35.6 Å². The number of rotatable bonds is 5. The van der Waals surface area contributed by atoms with Crippen molar-refractivity contribution in [2.45, 2.75) is 45.7 Å². The van der Waals surface area contributed by atoms with Gasteiger partial charge in [0.25, 0.3) is 0 Å². The van der Waals surface area contributed by atoms with E-state index >= 15 is 0 Å². The summed E-state index contributed by atoms with van der Waals surface area (Å²) in [4.78, 5) is 0. The molecule has 15 heavy (non-hydrogen) atoms. The zero-order valence-corrected chi connectivity index (χ0v) is 9.76. The zero-order chi connectivity index (χ0) is 11.3. The first-order chi connectivity index (χ1) is 7.17. The molecule has 0 fully saturated rings. The second kappa shape index (κ2) is 5.86. The molecule has 1 N–H and O–H groups in total. The minimum atomic E-state index is -0.169. The SMILES string of the molecule is CC[C@H](C)N[C@H](CC)c1ccc(F)cc1. The molecule has 1 aromatic rings. The molecule has 0 unspecified atom stereocenters. The van der Waals surface area contributed by atoms with Gasteiger partial charge in [-0.25, -0.2) is 4.39 Å². The quantitative estimate of drug-likeness (QED) is 0.780. The Morgan fingerprint density at radius 3 is 2.20 bits per heavy atom. The fourth-order valence-corrected chi connectivity index (χ4v) is 1.61. The molecule has 0 aliphatic heterocycles. The lowest BCUT2D eigenvalue weighted by Crippen LogP contribution is -2.29. The van der Waals surface area contributed by atoms with E-state index in [4.69, 9.17) is 0 Å². The normalized spacial score (nSPS) is 14.9. The van der Waals surface area contributed by atoms with E-state index in [1.165, 1.54) is 17.7 Å². The molecule has 1 nitrogen and oxygen atoms in total. The summed E-state index contributed by atoms with van der Waals surface area (Å²) in [6, 6.07) is 7.60. The van der Waals surface area contributed by atoms with Crippen LogP contribution < -0.4 is 5.32 Å². The molecule has 0 bridgehead atoms. The van der Waals surface area contributed by atoms with Gasteiger partial charge in [-0.1, -0.05) is 26.0 Å². The predicted octanol–water partition coefficient (Wildman–Crippen LogP) is 3.66. The number of hydrogen-bond donors (Lipinski definition) is 1. The van der Waals surface area contributed by atoms with Crippen molar-refractivity contribution in [2.75, 3.05) is 0 Å². The second-order valence-corrected chi connectivity index (χ2v) is 3.99. The van der Waals surface area contributed by atoms with Crippen LogP contribution in [-0.2, 0) is 0 Å². The molecule has 0 saturated heterocycles. The number of halogens is 1. The van der Waals surface area contributed by atoms with E-state index in [1.807, 2.05) is 12.1 Å². The maximum absolute atomic E-state index is 12.8. The Morgan fingerprint density at radius 1 is 1.13 bits per heavy atom. The molecule has 0 radical (unpaired) electrons. The lowest BCUT2D eigenvalue weighted by Gasteiger charge is -2.21. The highest BCUT2D eigenvalue weighted by atomic mass is 19.1. The van der Waals surface area contributed by atoms with E-state index in [2.05, 4.69) is 26.1 Å². The summed E-state index contributed by atoms with van der Waals surface area (Å²) in [5.41, 5.74) is 1.17. The van der Waals surface area contributed by atoms with Crippen LogP contribution in [0.4, 0.5) is 4.39 Å². The third-order valence-electron chi connectivity index (χ3n) is 2.78. The minimum absolute atomic E-state index is 0.169. The summed E-state index contributed by atoms with van der Waals surface area (Å²) < 4.78 is 12.8. The summed E-state index contributed by atoms with van der Waals surface area (Å²) in [7, 11) is 0. The molecule has 0 aliphatic carbocycles. The fourth-order valence-electron chi connectivity index (χ4n) is 1.61. The summed E-state index contributed by atoms with van der Waals surface area (Å²) in [6.07, 6.45) is 2.13. The van der Waals surface area contributed by atoms with Gasteiger partial charge in [0.05, 0.1) is 0 Å². The van der Waals surface area contributed by atoms with Crippen molar-refractivity contribution < 1.29 is 4.39 Å². The lowest BCUT2D eigenvalue weighted by molar-refractivity contribution is 0.437. The van der Waals surface area contributed by atoms with Crippen LogP contribution in [0.5, 0.6) is 0 Å². The summed E-state index contributed by atoms with van der Waals surface area (Å²) in [6.45, 7) is 6.48. The van der Waals surface area contributed by atoms with Crippen molar-refractivity contribution in [3.63, 3.8) is 0 Å². The molecule has 0 amide bonds. The Hall–Kier alpha value is -0.890. The van der Waals surface area contributed by atoms with E-state index in [1.54, 1.807) is 0 Å². The van der Waals surface area contributed by atoms with Crippen LogP contribution in [0, 0.1) is 5.82 Å². The molecular formula is C13H20FN. The number of nitrogens with one attached hydrogen (secondary N) is 1. The van der Waals surface area contributed by atoms with Crippen LogP contribution in [0.3, 0.4) is 0 Å². The van der Waals surface area contributed by atoms with Gasteiger partial charge in [-0.2, -0.15) is 0 Å². The molecule has 1 rings (SSSR count). The minimum Gasteiger partial charge on any atom is -0.307 e. The standard InChI is InChI=1S/C13H20FN/c1-4-10(3)15-13(5-2)11-6-8-12(14)9-7-11/h6-10,13,15H,4-5H2,1-3H3/t10-,13+/m0/s1. The molecule has 0 aliphatic rings. The molecule has 2 atom stereocenters. The third-order valence-corrected chi connectivity index (χ3v) is 2.78. The summed E-state index contributed by atoms with van der Waals surface area (Å²) in [5.74, 6) is -0.169. The van der Waals surface area contributed by atoms with Gasteiger partial charge in [0.15, 0.2) is 0 Å². The van der Waals surface area contributed by atoms with E-state index in [-0.39, 0.29) is 5.82 Å². The van der Waals surface area contributed by atoms with Crippen LogP contribution >= 0.6 is 0 Å². The van der Waals surface area contributed by atoms with Crippen molar-refractivity contribution in [1.29, 1.82) is 0 Å². The van der Waals surface area contributed by atoms with Crippen LogP contribution in [-0.4, -0.2) is 6.04 Å². The molecule has 0 heterocycles. The molecule has 2 heteroatoms. The third kappa shape index (κ3) is 3.63. The Kier molecular flexibility index (Phi) is 4.76. The largest absolute Gasteiger partial charge is 0.307 e.